The second-order valence-corrected chi connectivity index (χ2v) is 15.7. The van der Waals surface area contributed by atoms with Crippen molar-refractivity contribution in [3.8, 4) is 28.0 Å². The Kier molecular flexibility index (Phi) is 16.8. The van der Waals surface area contributed by atoms with E-state index in [1.807, 2.05) is 6.92 Å². The third-order valence-corrected chi connectivity index (χ3v) is 11.4. The number of ether oxygens (including phenoxy) is 3. The molecular formula is C48H64O7. The van der Waals surface area contributed by atoms with Crippen LogP contribution in [0, 0.1) is 11.3 Å². The van der Waals surface area contributed by atoms with Gasteiger partial charge in [0.1, 0.15) is 5.75 Å². The summed E-state index contributed by atoms with van der Waals surface area (Å²) in [4.78, 5) is 24.3. The Balaban J connectivity index is 1.69. The van der Waals surface area contributed by atoms with Crippen LogP contribution >= 0.6 is 0 Å². The summed E-state index contributed by atoms with van der Waals surface area (Å²) in [5.74, 6) is 1.40. The Morgan fingerprint density at radius 3 is 1.75 bits per heavy atom. The molecule has 0 saturated heterocycles. The maximum Gasteiger partial charge on any atom is 0.333 e. The van der Waals surface area contributed by atoms with Crippen molar-refractivity contribution in [3.05, 3.63) is 101 Å². The molecular weight excluding hydrogens is 689 g/mol. The molecule has 1 fully saturated rings. The molecule has 3 aromatic rings. The SMILES string of the molecule is C=C(C)C(=O)OCCCc1cc(-c2ccc(-c3ccc(C4CCC(C)CC4)cc3)c(CC)c2)cc(CCCOC(=O)C(=C)C)c1OCCC(CC)(CO)CO. The van der Waals surface area contributed by atoms with Gasteiger partial charge in [-0.15, -0.1) is 0 Å². The van der Waals surface area contributed by atoms with E-state index in [1.165, 1.54) is 47.9 Å². The fourth-order valence-corrected chi connectivity index (χ4v) is 7.43. The Hall–Kier alpha value is -4.20. The molecule has 0 amide bonds. The second-order valence-electron chi connectivity index (χ2n) is 15.7. The zero-order chi connectivity index (χ0) is 40.0. The van der Waals surface area contributed by atoms with Gasteiger partial charge in [-0.1, -0.05) is 89.2 Å². The number of aliphatic hydroxyl groups is 2. The number of hydrogen-bond donors (Lipinski definition) is 2. The number of rotatable bonds is 21. The topological polar surface area (TPSA) is 102 Å². The van der Waals surface area contributed by atoms with Crippen molar-refractivity contribution < 1.29 is 34.0 Å². The molecule has 0 aromatic heterocycles. The molecule has 7 nitrogen and oxygen atoms in total. The van der Waals surface area contributed by atoms with Gasteiger partial charge in [-0.25, -0.2) is 9.59 Å². The van der Waals surface area contributed by atoms with E-state index in [0.29, 0.717) is 62.2 Å². The van der Waals surface area contributed by atoms with E-state index in [0.717, 1.165) is 40.3 Å². The third-order valence-electron chi connectivity index (χ3n) is 11.4. The van der Waals surface area contributed by atoms with Crippen LogP contribution in [0.4, 0.5) is 0 Å². The summed E-state index contributed by atoms with van der Waals surface area (Å²) in [6, 6.07) is 20.3. The first-order valence-corrected chi connectivity index (χ1v) is 20.3. The van der Waals surface area contributed by atoms with Gasteiger partial charge >= 0.3 is 11.9 Å². The summed E-state index contributed by atoms with van der Waals surface area (Å²) in [5.41, 5.74) is 9.35. The summed E-state index contributed by atoms with van der Waals surface area (Å²) >= 11 is 0. The Morgan fingerprint density at radius 2 is 1.25 bits per heavy atom. The summed E-state index contributed by atoms with van der Waals surface area (Å²) in [6.45, 7) is 17.7. The van der Waals surface area contributed by atoms with Crippen molar-refractivity contribution in [2.24, 2.45) is 11.3 Å². The standard InChI is InChI=1S/C48H64O7/c1-8-36-28-40(22-23-44(36)39-20-18-38(19-21-39)37-16-14-35(7)15-17-37)43-29-41(12-10-25-54-46(51)33(3)4)45(53-27-24-48(9-2,31-49)32-50)42(30-43)13-11-26-55-47(52)34(5)6/h18-23,28-30,35,37,49-50H,3,5,8-17,24-27,31-32H2,1-2,4,6-7H3. The number of carbonyl (C=O) groups is 2. The van der Waals surface area contributed by atoms with Gasteiger partial charge in [0.2, 0.25) is 0 Å². The van der Waals surface area contributed by atoms with E-state index in [1.54, 1.807) is 13.8 Å². The molecule has 0 spiro atoms. The number of aliphatic hydroxyl groups excluding tert-OH is 2. The predicted molar refractivity (Wildman–Crippen MR) is 222 cm³/mol. The fourth-order valence-electron chi connectivity index (χ4n) is 7.43. The molecule has 1 saturated carbocycles. The van der Waals surface area contributed by atoms with Gasteiger partial charge in [0, 0.05) is 16.6 Å². The molecule has 0 radical (unpaired) electrons. The van der Waals surface area contributed by atoms with Crippen molar-refractivity contribution in [1.29, 1.82) is 0 Å². The number of carbonyl (C=O) groups excluding carboxylic acids is 2. The van der Waals surface area contributed by atoms with Crippen LogP contribution in [0.5, 0.6) is 5.75 Å². The van der Waals surface area contributed by atoms with Gasteiger partial charge in [-0.3, -0.25) is 0 Å². The lowest BCUT2D eigenvalue weighted by molar-refractivity contribution is -0.139. The van der Waals surface area contributed by atoms with E-state index in [4.69, 9.17) is 14.2 Å². The molecule has 0 bridgehead atoms. The lowest BCUT2D eigenvalue weighted by Gasteiger charge is -2.28. The fraction of sp³-hybridized carbons (Fsp3) is 0.500. The van der Waals surface area contributed by atoms with Gasteiger partial charge in [-0.2, -0.15) is 0 Å². The Labute approximate surface area is 329 Å². The first-order chi connectivity index (χ1) is 26.4. The smallest absolute Gasteiger partial charge is 0.333 e. The summed E-state index contributed by atoms with van der Waals surface area (Å²) < 4.78 is 17.5. The first kappa shape index (κ1) is 43.5. The lowest BCUT2D eigenvalue weighted by atomic mass is 9.79. The predicted octanol–water partition coefficient (Wildman–Crippen LogP) is 10.1. The zero-order valence-corrected chi connectivity index (χ0v) is 34.0. The first-order valence-electron chi connectivity index (χ1n) is 20.3. The zero-order valence-electron chi connectivity index (χ0n) is 34.0. The van der Waals surface area contributed by atoms with Crippen molar-refractivity contribution >= 4 is 11.9 Å². The molecule has 0 unspecified atom stereocenters. The minimum absolute atomic E-state index is 0.135. The van der Waals surface area contributed by atoms with Gasteiger partial charge in [0.25, 0.3) is 0 Å². The quantitative estimate of drug-likeness (QED) is 0.0635. The minimum atomic E-state index is -0.638. The maximum absolute atomic E-state index is 12.1. The molecule has 3 aromatic carbocycles. The third kappa shape index (κ3) is 12.1. The van der Waals surface area contributed by atoms with Crippen molar-refractivity contribution in [1.82, 2.24) is 0 Å². The van der Waals surface area contributed by atoms with Crippen LogP contribution in [0.25, 0.3) is 22.3 Å². The molecule has 1 aliphatic rings. The van der Waals surface area contributed by atoms with Gasteiger partial charge in [0.15, 0.2) is 0 Å². The van der Waals surface area contributed by atoms with Crippen LogP contribution in [-0.2, 0) is 38.3 Å². The van der Waals surface area contributed by atoms with Crippen molar-refractivity contribution in [2.75, 3.05) is 33.0 Å². The molecule has 7 heteroatoms. The average molecular weight is 753 g/mol. The van der Waals surface area contributed by atoms with Crippen LogP contribution in [0.3, 0.4) is 0 Å². The average Bonchev–Trinajstić information content (AvgIpc) is 3.20. The highest BCUT2D eigenvalue weighted by Gasteiger charge is 2.27. The number of benzene rings is 3. The molecule has 1 aliphatic carbocycles. The van der Waals surface area contributed by atoms with Crippen molar-refractivity contribution in [3.63, 3.8) is 0 Å². The van der Waals surface area contributed by atoms with Crippen LogP contribution in [0.2, 0.25) is 0 Å². The largest absolute Gasteiger partial charge is 0.493 e. The highest BCUT2D eigenvalue weighted by Crippen LogP contribution is 2.39. The minimum Gasteiger partial charge on any atom is -0.493 e. The normalized spacial score (nSPS) is 15.7. The maximum atomic E-state index is 12.1. The summed E-state index contributed by atoms with van der Waals surface area (Å²) in [7, 11) is 0. The summed E-state index contributed by atoms with van der Waals surface area (Å²) in [5, 5.41) is 20.2. The van der Waals surface area contributed by atoms with Gasteiger partial charge in [-0.05, 0) is 140 Å². The van der Waals surface area contributed by atoms with E-state index in [2.05, 4.69) is 81.6 Å². The lowest BCUT2D eigenvalue weighted by Crippen LogP contribution is -2.31. The Bertz CT molecular complexity index is 1680. The molecule has 298 valence electrons. The van der Waals surface area contributed by atoms with Crippen LogP contribution in [0.1, 0.15) is 114 Å². The van der Waals surface area contributed by atoms with E-state index in [-0.39, 0.29) is 26.4 Å². The van der Waals surface area contributed by atoms with Crippen LogP contribution < -0.4 is 4.74 Å². The van der Waals surface area contributed by atoms with E-state index >= 15 is 0 Å². The van der Waals surface area contributed by atoms with Crippen LogP contribution in [0.15, 0.2) is 78.9 Å². The Morgan fingerprint density at radius 1 is 0.727 bits per heavy atom. The second kappa shape index (κ2) is 21.2. The van der Waals surface area contributed by atoms with E-state index < -0.39 is 17.4 Å². The van der Waals surface area contributed by atoms with Gasteiger partial charge in [0.05, 0.1) is 33.0 Å². The number of aryl methyl sites for hydroxylation is 3. The van der Waals surface area contributed by atoms with Crippen LogP contribution in [-0.4, -0.2) is 55.2 Å². The number of hydrogen-bond acceptors (Lipinski definition) is 7. The van der Waals surface area contributed by atoms with E-state index in [9.17, 15) is 19.8 Å². The molecule has 0 heterocycles. The van der Waals surface area contributed by atoms with Gasteiger partial charge < -0.3 is 24.4 Å². The highest BCUT2D eigenvalue weighted by molar-refractivity contribution is 5.87. The molecule has 55 heavy (non-hydrogen) atoms. The molecule has 2 N–H and O–H groups in total. The number of esters is 2. The highest BCUT2D eigenvalue weighted by atomic mass is 16.5. The summed E-state index contributed by atoms with van der Waals surface area (Å²) in [6.07, 6.45) is 9.47. The molecule has 4 rings (SSSR count). The van der Waals surface area contributed by atoms with Crippen molar-refractivity contribution in [2.45, 2.75) is 111 Å². The molecule has 0 atom stereocenters. The molecule has 0 aliphatic heterocycles. The monoisotopic (exact) mass is 752 g/mol.